The third-order valence-corrected chi connectivity index (χ3v) is 4.77. The summed E-state index contributed by atoms with van der Waals surface area (Å²) in [4.78, 5) is 18.6. The van der Waals surface area contributed by atoms with E-state index in [0.29, 0.717) is 11.8 Å². The topological polar surface area (TPSA) is 71.3 Å². The lowest BCUT2D eigenvalue weighted by Gasteiger charge is -2.21. The highest BCUT2D eigenvalue weighted by molar-refractivity contribution is 9.10. The van der Waals surface area contributed by atoms with Gasteiger partial charge in [0.1, 0.15) is 0 Å². The van der Waals surface area contributed by atoms with Crippen molar-refractivity contribution >= 4 is 27.5 Å². The Balaban J connectivity index is 1.58. The first-order valence-electron chi connectivity index (χ1n) is 8.04. The minimum absolute atomic E-state index is 0.0725. The standard InChI is InChI=1S/C17H21BrN4O2/c1-10-8-13(18)6-7-14(10)19-15(23)9-22(3)11(2)17-20-16(21-24-17)12-4-5-12/h6-8,11-12H,4-5,9H2,1-3H3,(H,19,23). The fourth-order valence-corrected chi connectivity index (χ4v) is 2.91. The lowest BCUT2D eigenvalue weighted by molar-refractivity contribution is -0.117. The molecule has 1 atom stereocenters. The third kappa shape index (κ3) is 4.02. The summed E-state index contributed by atoms with van der Waals surface area (Å²) >= 11 is 3.42. The van der Waals surface area contributed by atoms with Crippen LogP contribution in [0, 0.1) is 6.92 Å². The largest absolute Gasteiger partial charge is 0.338 e. The zero-order valence-corrected chi connectivity index (χ0v) is 15.6. The quantitative estimate of drug-likeness (QED) is 0.811. The van der Waals surface area contributed by atoms with Gasteiger partial charge in [0.25, 0.3) is 0 Å². The number of hydrogen-bond acceptors (Lipinski definition) is 5. The van der Waals surface area contributed by atoms with Gasteiger partial charge in [0, 0.05) is 16.1 Å². The summed E-state index contributed by atoms with van der Waals surface area (Å²) in [7, 11) is 1.87. The van der Waals surface area contributed by atoms with Gasteiger partial charge >= 0.3 is 0 Å². The van der Waals surface area contributed by atoms with E-state index in [4.69, 9.17) is 4.52 Å². The molecule has 0 saturated heterocycles. The van der Waals surface area contributed by atoms with E-state index >= 15 is 0 Å². The normalized spacial score (nSPS) is 15.5. The summed E-state index contributed by atoms with van der Waals surface area (Å²) in [5.41, 5.74) is 1.83. The number of anilines is 1. The number of nitrogens with zero attached hydrogens (tertiary/aromatic N) is 3. The van der Waals surface area contributed by atoms with Crippen LogP contribution in [0.3, 0.4) is 0 Å². The van der Waals surface area contributed by atoms with Crippen LogP contribution in [0.25, 0.3) is 0 Å². The minimum atomic E-state index is -0.109. The van der Waals surface area contributed by atoms with Crippen LogP contribution < -0.4 is 5.32 Å². The lowest BCUT2D eigenvalue weighted by atomic mass is 10.2. The molecule has 1 aliphatic rings. The van der Waals surface area contributed by atoms with Crippen LogP contribution in [-0.4, -0.2) is 34.5 Å². The number of carbonyl (C=O) groups excluding carboxylic acids is 1. The first-order chi connectivity index (χ1) is 11.4. The number of likely N-dealkylation sites (N-methyl/N-ethyl adjacent to an activating group) is 1. The highest BCUT2D eigenvalue weighted by Gasteiger charge is 2.30. The van der Waals surface area contributed by atoms with Crippen molar-refractivity contribution in [3.8, 4) is 0 Å². The van der Waals surface area contributed by atoms with E-state index in [2.05, 4.69) is 31.4 Å². The van der Waals surface area contributed by atoms with Crippen LogP contribution in [0.1, 0.15) is 49.0 Å². The molecule has 6 nitrogen and oxygen atoms in total. The van der Waals surface area contributed by atoms with Gasteiger partial charge in [-0.15, -0.1) is 0 Å². The van der Waals surface area contributed by atoms with Crippen molar-refractivity contribution in [1.82, 2.24) is 15.0 Å². The van der Waals surface area contributed by atoms with Crippen LogP contribution in [0.2, 0.25) is 0 Å². The maximum Gasteiger partial charge on any atom is 0.243 e. The molecular weight excluding hydrogens is 372 g/mol. The van der Waals surface area contributed by atoms with Crippen LogP contribution >= 0.6 is 15.9 Å². The summed E-state index contributed by atoms with van der Waals surface area (Å²) in [5.74, 6) is 1.74. The molecule has 1 unspecified atom stereocenters. The number of halogens is 1. The van der Waals surface area contributed by atoms with Gasteiger partial charge in [-0.3, -0.25) is 9.69 Å². The number of hydrogen-bond donors (Lipinski definition) is 1. The van der Waals surface area contributed by atoms with Crippen molar-refractivity contribution in [3.05, 3.63) is 40.0 Å². The van der Waals surface area contributed by atoms with Gasteiger partial charge in [-0.05, 0) is 57.5 Å². The zero-order chi connectivity index (χ0) is 17.3. The highest BCUT2D eigenvalue weighted by atomic mass is 79.9. The molecular formula is C17H21BrN4O2. The number of aryl methyl sites for hydroxylation is 1. The molecule has 1 saturated carbocycles. The molecule has 1 amide bonds. The molecule has 3 rings (SSSR count). The molecule has 1 N–H and O–H groups in total. The van der Waals surface area contributed by atoms with Crippen molar-refractivity contribution in [2.75, 3.05) is 18.9 Å². The third-order valence-electron chi connectivity index (χ3n) is 4.27. The van der Waals surface area contributed by atoms with Gasteiger partial charge in [-0.2, -0.15) is 4.98 Å². The monoisotopic (exact) mass is 392 g/mol. The molecule has 1 aliphatic carbocycles. The van der Waals surface area contributed by atoms with E-state index in [1.165, 1.54) is 0 Å². The van der Waals surface area contributed by atoms with Crippen molar-refractivity contribution in [2.24, 2.45) is 0 Å². The second-order valence-corrected chi connectivity index (χ2v) is 7.28. The van der Waals surface area contributed by atoms with E-state index in [0.717, 1.165) is 34.4 Å². The molecule has 128 valence electrons. The van der Waals surface area contributed by atoms with Gasteiger partial charge in [0.15, 0.2) is 5.82 Å². The number of benzene rings is 1. The number of rotatable bonds is 6. The Kier molecular flexibility index (Phi) is 5.01. The molecule has 7 heteroatoms. The van der Waals surface area contributed by atoms with Gasteiger partial charge < -0.3 is 9.84 Å². The molecule has 1 aromatic heterocycles. The number of carbonyl (C=O) groups is 1. The predicted octanol–water partition coefficient (Wildman–Crippen LogP) is 3.65. The van der Waals surface area contributed by atoms with Crippen molar-refractivity contribution in [1.29, 1.82) is 0 Å². The predicted molar refractivity (Wildman–Crippen MR) is 94.8 cm³/mol. The summed E-state index contributed by atoms with van der Waals surface area (Å²) in [6.07, 6.45) is 2.27. The maximum atomic E-state index is 12.3. The molecule has 1 fully saturated rings. The van der Waals surface area contributed by atoms with E-state index < -0.39 is 0 Å². The Morgan fingerprint density at radius 3 is 2.92 bits per heavy atom. The maximum absolute atomic E-state index is 12.3. The molecule has 0 aliphatic heterocycles. The number of aromatic nitrogens is 2. The lowest BCUT2D eigenvalue weighted by Crippen LogP contribution is -2.32. The van der Waals surface area contributed by atoms with E-state index in [1.807, 2.05) is 44.0 Å². The summed E-state index contributed by atoms with van der Waals surface area (Å²) < 4.78 is 6.33. The second-order valence-electron chi connectivity index (χ2n) is 6.36. The Hall–Kier alpha value is -1.73. The van der Waals surface area contributed by atoms with Crippen LogP contribution in [-0.2, 0) is 4.79 Å². The highest BCUT2D eigenvalue weighted by Crippen LogP contribution is 2.38. The molecule has 1 aromatic carbocycles. The molecule has 1 heterocycles. The Bertz CT molecular complexity index is 742. The van der Waals surface area contributed by atoms with E-state index in [1.54, 1.807) is 0 Å². The second kappa shape index (κ2) is 7.03. The first-order valence-corrected chi connectivity index (χ1v) is 8.83. The van der Waals surface area contributed by atoms with Gasteiger partial charge in [0.05, 0.1) is 12.6 Å². The SMILES string of the molecule is Cc1cc(Br)ccc1NC(=O)CN(C)C(C)c1nc(C2CC2)no1. The Labute approximate surface area is 149 Å². The van der Waals surface area contributed by atoms with E-state index in [9.17, 15) is 4.79 Å². The fourth-order valence-electron chi connectivity index (χ4n) is 2.43. The first kappa shape index (κ1) is 17.1. The smallest absolute Gasteiger partial charge is 0.243 e. The minimum Gasteiger partial charge on any atom is -0.338 e. The Morgan fingerprint density at radius 2 is 2.25 bits per heavy atom. The Morgan fingerprint density at radius 1 is 1.50 bits per heavy atom. The molecule has 24 heavy (non-hydrogen) atoms. The van der Waals surface area contributed by atoms with Crippen molar-refractivity contribution in [2.45, 2.75) is 38.6 Å². The van der Waals surface area contributed by atoms with Crippen LogP contribution in [0.15, 0.2) is 27.2 Å². The van der Waals surface area contributed by atoms with Crippen LogP contribution in [0.5, 0.6) is 0 Å². The average Bonchev–Trinajstić information content (AvgIpc) is 3.27. The summed E-state index contributed by atoms with van der Waals surface area (Å²) in [6.45, 7) is 4.17. The molecule has 0 radical (unpaired) electrons. The fraction of sp³-hybridized carbons (Fsp3) is 0.471. The average molecular weight is 393 g/mol. The van der Waals surface area contributed by atoms with Gasteiger partial charge in [-0.1, -0.05) is 21.1 Å². The van der Waals surface area contributed by atoms with Crippen LogP contribution in [0.4, 0.5) is 5.69 Å². The molecule has 0 bridgehead atoms. The van der Waals surface area contributed by atoms with Gasteiger partial charge in [-0.25, -0.2) is 0 Å². The summed E-state index contributed by atoms with van der Waals surface area (Å²) in [5, 5.41) is 6.97. The molecule has 2 aromatic rings. The van der Waals surface area contributed by atoms with E-state index in [-0.39, 0.29) is 18.5 Å². The zero-order valence-electron chi connectivity index (χ0n) is 14.0. The van der Waals surface area contributed by atoms with Gasteiger partial charge in [0.2, 0.25) is 11.8 Å². The number of amides is 1. The van der Waals surface area contributed by atoms with Crippen molar-refractivity contribution in [3.63, 3.8) is 0 Å². The molecule has 0 spiro atoms. The number of nitrogens with one attached hydrogen (secondary N) is 1. The van der Waals surface area contributed by atoms with Crippen molar-refractivity contribution < 1.29 is 9.32 Å². The summed E-state index contributed by atoms with van der Waals surface area (Å²) in [6, 6.07) is 5.66.